The third-order valence-corrected chi connectivity index (χ3v) is 10.4. The number of carbonyl (C=O) groups is 1. The summed E-state index contributed by atoms with van der Waals surface area (Å²) in [6.07, 6.45) is 19.1. The molecule has 1 unspecified atom stereocenters. The van der Waals surface area contributed by atoms with Crippen molar-refractivity contribution in [2.75, 3.05) is 47.5 Å². The molecule has 0 aliphatic heterocycles. The van der Waals surface area contributed by atoms with Crippen LogP contribution in [0, 0.1) is 0 Å². The van der Waals surface area contributed by atoms with Crippen LogP contribution in [0.2, 0.25) is 0 Å². The van der Waals surface area contributed by atoms with E-state index in [0.717, 1.165) is 48.8 Å². The molecule has 3 rings (SSSR count). The van der Waals surface area contributed by atoms with Crippen LogP contribution in [0.3, 0.4) is 0 Å². The minimum absolute atomic E-state index is 0.0346. The van der Waals surface area contributed by atoms with Gasteiger partial charge in [-0.2, -0.15) is 0 Å². The van der Waals surface area contributed by atoms with Gasteiger partial charge >= 0.3 is 13.8 Å². The number of ether oxygens (including phenoxy) is 2. The average molecular weight is 765 g/mol. The Morgan fingerprint density at radius 1 is 0.685 bits per heavy atom. The molecule has 0 bridgehead atoms. The van der Waals surface area contributed by atoms with Crippen molar-refractivity contribution in [2.45, 2.75) is 109 Å². The van der Waals surface area contributed by atoms with E-state index in [4.69, 9.17) is 18.5 Å². The first-order valence-corrected chi connectivity index (χ1v) is 21.6. The van der Waals surface area contributed by atoms with E-state index in [9.17, 15) is 14.3 Å². The van der Waals surface area contributed by atoms with Gasteiger partial charge in [0.05, 0.1) is 34.4 Å². The Hall–Kier alpha value is -3.10. The van der Waals surface area contributed by atoms with Gasteiger partial charge in [0.15, 0.2) is 0 Å². The van der Waals surface area contributed by atoms with Crippen LogP contribution in [0.1, 0.15) is 114 Å². The molecule has 0 aliphatic carbocycles. The number of phosphoric acid groups is 1. The number of likely N-dealkylation sites (N-methyl/N-ethyl adjacent to an activating group) is 1. The van der Waals surface area contributed by atoms with Crippen LogP contribution < -0.4 is 0 Å². The van der Waals surface area contributed by atoms with E-state index in [-0.39, 0.29) is 26.2 Å². The first-order chi connectivity index (χ1) is 26.1. The zero-order chi connectivity index (χ0) is 39.0. The maximum Gasteiger partial charge on any atom is 0.472 e. The number of hydrogen-bond donors (Lipinski definition) is 1. The molecule has 298 valence electrons. The van der Waals surface area contributed by atoms with E-state index >= 15 is 0 Å². The lowest BCUT2D eigenvalue weighted by atomic mass is 9.80. The quantitative estimate of drug-likeness (QED) is 0.0188. The number of hydrogen-bond acceptors (Lipinski definition) is 6. The molecule has 0 spiro atoms. The van der Waals surface area contributed by atoms with E-state index in [1.54, 1.807) is 0 Å². The second-order valence-electron chi connectivity index (χ2n) is 15.1. The molecular formula is C45H67NO7P+. The fourth-order valence-corrected chi connectivity index (χ4v) is 7.07. The van der Waals surface area contributed by atoms with E-state index in [2.05, 4.69) is 19.1 Å². The highest BCUT2D eigenvalue weighted by atomic mass is 31.2. The Kier molecular flexibility index (Phi) is 21.1. The molecule has 54 heavy (non-hydrogen) atoms. The smallest absolute Gasteiger partial charge is 0.457 e. The molecule has 3 aromatic carbocycles. The van der Waals surface area contributed by atoms with Gasteiger partial charge in [-0.25, -0.2) is 4.57 Å². The number of quaternary nitrogens is 1. The number of rotatable bonds is 29. The third kappa shape index (κ3) is 17.6. The summed E-state index contributed by atoms with van der Waals surface area (Å²) >= 11 is 0. The molecular weight excluding hydrogens is 697 g/mol. The molecule has 0 heterocycles. The third-order valence-electron chi connectivity index (χ3n) is 9.41. The fourth-order valence-electron chi connectivity index (χ4n) is 6.33. The molecule has 0 amide bonds. The normalized spacial score (nSPS) is 13.9. The van der Waals surface area contributed by atoms with Gasteiger partial charge in [0.1, 0.15) is 24.9 Å². The van der Waals surface area contributed by atoms with Crippen molar-refractivity contribution < 1.29 is 37.3 Å². The molecule has 0 radical (unpaired) electrons. The monoisotopic (exact) mass is 764 g/mol. The number of nitrogens with zero attached hydrogens (tertiary/aromatic N) is 1. The van der Waals surface area contributed by atoms with Gasteiger partial charge < -0.3 is 18.9 Å². The van der Waals surface area contributed by atoms with Crippen molar-refractivity contribution in [1.29, 1.82) is 0 Å². The van der Waals surface area contributed by atoms with Crippen LogP contribution in [-0.4, -0.2) is 69.0 Å². The highest BCUT2D eigenvalue weighted by molar-refractivity contribution is 7.47. The molecule has 3 aromatic rings. The van der Waals surface area contributed by atoms with E-state index in [1.165, 1.54) is 44.9 Å². The number of esters is 1. The van der Waals surface area contributed by atoms with Crippen molar-refractivity contribution in [1.82, 2.24) is 0 Å². The molecule has 0 saturated heterocycles. The van der Waals surface area contributed by atoms with E-state index in [0.29, 0.717) is 17.4 Å². The molecule has 9 heteroatoms. The summed E-state index contributed by atoms with van der Waals surface area (Å²) in [4.78, 5) is 23.7. The number of phosphoric ester groups is 1. The second kappa shape index (κ2) is 25.1. The van der Waals surface area contributed by atoms with E-state index in [1.807, 2.05) is 112 Å². The second-order valence-corrected chi connectivity index (χ2v) is 16.6. The summed E-state index contributed by atoms with van der Waals surface area (Å²) in [5.74, 6) is -0.395. The Morgan fingerprint density at radius 2 is 1.15 bits per heavy atom. The molecule has 1 N–H and O–H groups in total. The molecule has 8 nitrogen and oxygen atoms in total. The summed E-state index contributed by atoms with van der Waals surface area (Å²) in [6.45, 7) is 2.33. The Morgan fingerprint density at radius 3 is 1.63 bits per heavy atom. The Balaban J connectivity index is 1.62. The SMILES string of the molecule is CCCCCCCC/C=C/CCCCCCCC(=O)O[C@H](COC(c1ccccc1)(c1ccccc1)c1ccccc1)COP(=O)(O)OCC[N+](C)(C)C. The first-order valence-electron chi connectivity index (χ1n) is 20.1. The largest absolute Gasteiger partial charge is 0.472 e. The zero-order valence-electron chi connectivity index (χ0n) is 33.4. The van der Waals surface area contributed by atoms with Gasteiger partial charge in [0.2, 0.25) is 0 Å². The Labute approximate surface area is 326 Å². The van der Waals surface area contributed by atoms with Crippen molar-refractivity contribution in [3.05, 3.63) is 120 Å². The van der Waals surface area contributed by atoms with Crippen LogP contribution in [0.5, 0.6) is 0 Å². The number of carbonyl (C=O) groups excluding carboxylic acids is 1. The minimum Gasteiger partial charge on any atom is -0.457 e. The van der Waals surface area contributed by atoms with Crippen LogP contribution >= 0.6 is 7.82 Å². The average Bonchev–Trinajstić information content (AvgIpc) is 3.16. The van der Waals surface area contributed by atoms with E-state index < -0.39 is 25.5 Å². The number of allylic oxidation sites excluding steroid dienone is 2. The molecule has 0 aliphatic rings. The summed E-state index contributed by atoms with van der Waals surface area (Å²) in [5, 5.41) is 0. The van der Waals surface area contributed by atoms with Crippen molar-refractivity contribution >= 4 is 13.8 Å². The first kappa shape index (κ1) is 45.3. The maximum absolute atomic E-state index is 13.2. The fraction of sp³-hybridized carbons (Fsp3) is 0.533. The van der Waals surface area contributed by atoms with Crippen molar-refractivity contribution in [3.8, 4) is 0 Å². The summed E-state index contributed by atoms with van der Waals surface area (Å²) in [7, 11) is 1.47. The lowest BCUT2D eigenvalue weighted by Crippen LogP contribution is -2.38. The van der Waals surface area contributed by atoms with Gasteiger partial charge in [0, 0.05) is 6.42 Å². The van der Waals surface area contributed by atoms with Gasteiger partial charge in [-0.05, 0) is 48.8 Å². The standard InChI is InChI=1S/C45H66NO7P/c1-5-6-7-8-9-10-11-12-13-14-15-16-17-18-28-35-44(47)53-43(39-52-54(48,49)51-37-36-46(2,3)4)38-50-45(40-29-22-19-23-30-40,41-31-24-20-25-32-41)42-33-26-21-27-34-42/h12-13,19-27,29-34,43H,5-11,14-18,28,35-39H2,1-4H3/p+1/b13-12+/t43-/m1/s1. The predicted molar refractivity (Wildman–Crippen MR) is 219 cm³/mol. The van der Waals surface area contributed by atoms with Gasteiger partial charge in [-0.3, -0.25) is 13.8 Å². The minimum atomic E-state index is -4.43. The number of unbranched alkanes of at least 4 members (excludes halogenated alkanes) is 11. The predicted octanol–water partition coefficient (Wildman–Crippen LogP) is 10.8. The van der Waals surface area contributed by atoms with Crippen LogP contribution in [0.15, 0.2) is 103 Å². The Bertz CT molecular complexity index is 1400. The van der Waals surface area contributed by atoms with Crippen LogP contribution in [0.4, 0.5) is 0 Å². The summed E-state index contributed by atoms with van der Waals surface area (Å²) in [5.41, 5.74) is 1.59. The lowest BCUT2D eigenvalue weighted by molar-refractivity contribution is -0.870. The van der Waals surface area contributed by atoms with Gasteiger partial charge in [-0.1, -0.05) is 161 Å². The van der Waals surface area contributed by atoms with Crippen LogP contribution in [-0.2, 0) is 33.5 Å². The lowest BCUT2D eigenvalue weighted by Gasteiger charge is -2.37. The van der Waals surface area contributed by atoms with Gasteiger partial charge in [0.25, 0.3) is 0 Å². The molecule has 0 aromatic heterocycles. The highest BCUT2D eigenvalue weighted by Crippen LogP contribution is 2.44. The number of benzene rings is 3. The van der Waals surface area contributed by atoms with Crippen molar-refractivity contribution in [3.63, 3.8) is 0 Å². The molecule has 0 saturated carbocycles. The highest BCUT2D eigenvalue weighted by Gasteiger charge is 2.39. The van der Waals surface area contributed by atoms with Gasteiger partial charge in [-0.15, -0.1) is 0 Å². The summed E-state index contributed by atoms with van der Waals surface area (Å²) in [6, 6.07) is 29.7. The molecule has 2 atom stereocenters. The van der Waals surface area contributed by atoms with Crippen molar-refractivity contribution in [2.24, 2.45) is 0 Å². The molecule has 0 fully saturated rings. The zero-order valence-corrected chi connectivity index (χ0v) is 34.3. The topological polar surface area (TPSA) is 91.3 Å². The maximum atomic E-state index is 13.2. The van der Waals surface area contributed by atoms with Crippen LogP contribution in [0.25, 0.3) is 0 Å². The summed E-state index contributed by atoms with van der Waals surface area (Å²) < 4.78 is 37.0.